The van der Waals surface area contributed by atoms with Crippen LogP contribution in [0.4, 0.5) is 0 Å². The molecule has 2 N–H and O–H groups in total. The van der Waals surface area contributed by atoms with E-state index in [1.54, 1.807) is 6.26 Å². The fraction of sp³-hybridized carbons (Fsp3) is 0.667. The zero-order valence-electron chi connectivity index (χ0n) is 9.99. The zero-order chi connectivity index (χ0) is 11.3. The molecule has 15 heavy (non-hydrogen) atoms. The maximum Gasteiger partial charge on any atom is 0.118 e. The quantitative estimate of drug-likeness (QED) is 0.783. The molecule has 86 valence electrons. The molecule has 1 atom stereocenters. The fourth-order valence-electron chi connectivity index (χ4n) is 1.61. The lowest BCUT2D eigenvalue weighted by atomic mass is 10.1. The Hall–Kier alpha value is -0.800. The lowest BCUT2D eigenvalue weighted by Crippen LogP contribution is -2.23. The molecule has 0 amide bonds. The predicted octanol–water partition coefficient (Wildman–Crippen LogP) is 2.22. The van der Waals surface area contributed by atoms with Crippen LogP contribution >= 0.6 is 0 Å². The smallest absolute Gasteiger partial charge is 0.118 e. The molecule has 0 spiro atoms. The minimum absolute atomic E-state index is 0.554. The van der Waals surface area contributed by atoms with Gasteiger partial charge in [0.15, 0.2) is 0 Å². The molecule has 1 heterocycles. The van der Waals surface area contributed by atoms with E-state index in [1.807, 2.05) is 6.07 Å². The molecule has 0 radical (unpaired) electrons. The van der Waals surface area contributed by atoms with Gasteiger partial charge in [0.1, 0.15) is 5.76 Å². The molecular weight excluding hydrogens is 188 g/mol. The molecule has 1 unspecified atom stereocenters. The number of furan rings is 1. The van der Waals surface area contributed by atoms with Crippen molar-refractivity contribution < 1.29 is 4.42 Å². The summed E-state index contributed by atoms with van der Waals surface area (Å²) < 4.78 is 5.42. The molecule has 0 aliphatic heterocycles. The lowest BCUT2D eigenvalue weighted by Gasteiger charge is -2.18. The van der Waals surface area contributed by atoms with Gasteiger partial charge in [0, 0.05) is 18.7 Å². The van der Waals surface area contributed by atoms with E-state index < -0.39 is 0 Å². The lowest BCUT2D eigenvalue weighted by molar-refractivity contribution is 0.254. The third-order valence-electron chi connectivity index (χ3n) is 2.69. The van der Waals surface area contributed by atoms with Crippen LogP contribution in [0, 0.1) is 5.92 Å². The van der Waals surface area contributed by atoms with Crippen molar-refractivity contribution in [1.82, 2.24) is 4.90 Å². The first-order valence-corrected chi connectivity index (χ1v) is 5.60. The van der Waals surface area contributed by atoms with Gasteiger partial charge < -0.3 is 10.2 Å². The van der Waals surface area contributed by atoms with Gasteiger partial charge in [-0.05, 0) is 19.0 Å². The highest BCUT2D eigenvalue weighted by atomic mass is 16.3. The highest BCUT2D eigenvalue weighted by Gasteiger charge is 2.07. The van der Waals surface area contributed by atoms with Crippen LogP contribution in [0.15, 0.2) is 16.7 Å². The average Bonchev–Trinajstić information content (AvgIpc) is 2.65. The van der Waals surface area contributed by atoms with Crippen molar-refractivity contribution in [3.05, 3.63) is 23.7 Å². The first kappa shape index (κ1) is 12.3. The molecule has 0 saturated heterocycles. The molecular formula is C12H22N2O. The second-order valence-corrected chi connectivity index (χ2v) is 4.34. The normalized spacial score (nSPS) is 13.4. The third kappa shape index (κ3) is 4.06. The van der Waals surface area contributed by atoms with Gasteiger partial charge in [-0.15, -0.1) is 0 Å². The average molecular weight is 210 g/mol. The van der Waals surface area contributed by atoms with E-state index in [9.17, 15) is 0 Å². The Morgan fingerprint density at radius 1 is 1.53 bits per heavy atom. The summed E-state index contributed by atoms with van der Waals surface area (Å²) in [6.07, 6.45) is 2.96. The minimum atomic E-state index is 0.554. The van der Waals surface area contributed by atoms with Gasteiger partial charge in [-0.2, -0.15) is 0 Å². The summed E-state index contributed by atoms with van der Waals surface area (Å²) in [5.41, 5.74) is 6.59. The highest BCUT2D eigenvalue weighted by Crippen LogP contribution is 2.11. The van der Waals surface area contributed by atoms with Crippen molar-refractivity contribution in [2.45, 2.75) is 33.4 Å². The van der Waals surface area contributed by atoms with Gasteiger partial charge in [-0.1, -0.05) is 20.3 Å². The molecule has 0 bridgehead atoms. The van der Waals surface area contributed by atoms with Gasteiger partial charge in [-0.25, -0.2) is 0 Å². The highest BCUT2D eigenvalue weighted by molar-refractivity contribution is 5.12. The summed E-state index contributed by atoms with van der Waals surface area (Å²) in [5, 5.41) is 0. The second-order valence-electron chi connectivity index (χ2n) is 4.34. The molecule has 0 aliphatic carbocycles. The van der Waals surface area contributed by atoms with Crippen LogP contribution in [0.25, 0.3) is 0 Å². The van der Waals surface area contributed by atoms with Crippen LogP contribution in [0.3, 0.4) is 0 Å². The number of rotatable bonds is 6. The van der Waals surface area contributed by atoms with Crippen LogP contribution < -0.4 is 5.73 Å². The minimum Gasteiger partial charge on any atom is -0.468 e. The molecule has 0 aliphatic rings. The van der Waals surface area contributed by atoms with Crippen molar-refractivity contribution in [1.29, 1.82) is 0 Å². The Morgan fingerprint density at radius 2 is 2.27 bits per heavy atom. The maximum atomic E-state index is 5.52. The summed E-state index contributed by atoms with van der Waals surface area (Å²) >= 11 is 0. The van der Waals surface area contributed by atoms with Crippen LogP contribution in [0.2, 0.25) is 0 Å². The molecule has 3 heteroatoms. The standard InChI is InChI=1S/C12H22N2O/c1-4-10(2)7-14(3)8-12-5-11(6-13)9-15-12/h5,9-10H,4,6-8,13H2,1-3H3. The zero-order valence-corrected chi connectivity index (χ0v) is 9.99. The summed E-state index contributed by atoms with van der Waals surface area (Å²) in [6, 6.07) is 2.03. The predicted molar refractivity (Wildman–Crippen MR) is 62.4 cm³/mol. The van der Waals surface area contributed by atoms with Gasteiger partial charge in [0.2, 0.25) is 0 Å². The van der Waals surface area contributed by atoms with E-state index in [0.717, 1.165) is 30.3 Å². The maximum absolute atomic E-state index is 5.52. The van der Waals surface area contributed by atoms with Crippen molar-refractivity contribution in [2.75, 3.05) is 13.6 Å². The molecule has 1 aromatic rings. The Morgan fingerprint density at radius 3 is 2.80 bits per heavy atom. The first-order chi connectivity index (χ1) is 7.15. The first-order valence-electron chi connectivity index (χ1n) is 5.60. The summed E-state index contributed by atoms with van der Waals surface area (Å²) in [4.78, 5) is 2.29. The Labute approximate surface area is 92.2 Å². The van der Waals surface area contributed by atoms with Gasteiger partial charge >= 0.3 is 0 Å². The van der Waals surface area contributed by atoms with Crippen molar-refractivity contribution in [2.24, 2.45) is 11.7 Å². The second kappa shape index (κ2) is 5.93. The number of nitrogens with two attached hydrogens (primary N) is 1. The van der Waals surface area contributed by atoms with E-state index in [4.69, 9.17) is 10.2 Å². The van der Waals surface area contributed by atoms with Crippen LogP contribution in [0.5, 0.6) is 0 Å². The molecule has 0 saturated carbocycles. The van der Waals surface area contributed by atoms with E-state index in [2.05, 4.69) is 25.8 Å². The number of hydrogen-bond acceptors (Lipinski definition) is 3. The number of hydrogen-bond donors (Lipinski definition) is 1. The van der Waals surface area contributed by atoms with Crippen molar-refractivity contribution in [3.8, 4) is 0 Å². The van der Waals surface area contributed by atoms with E-state index >= 15 is 0 Å². The topological polar surface area (TPSA) is 42.4 Å². The Kier molecular flexibility index (Phi) is 4.85. The molecule has 0 aromatic carbocycles. The molecule has 3 nitrogen and oxygen atoms in total. The Balaban J connectivity index is 2.40. The van der Waals surface area contributed by atoms with Crippen molar-refractivity contribution >= 4 is 0 Å². The summed E-state index contributed by atoms with van der Waals surface area (Å²) in [7, 11) is 2.12. The molecule has 1 aromatic heterocycles. The monoisotopic (exact) mass is 210 g/mol. The van der Waals surface area contributed by atoms with E-state index in [0.29, 0.717) is 6.54 Å². The summed E-state index contributed by atoms with van der Waals surface area (Å²) in [6.45, 7) is 7.01. The Bertz CT molecular complexity index is 283. The van der Waals surface area contributed by atoms with Gasteiger partial charge in [0.05, 0.1) is 12.8 Å². The van der Waals surface area contributed by atoms with Crippen LogP contribution in [-0.2, 0) is 13.1 Å². The van der Waals surface area contributed by atoms with Gasteiger partial charge in [-0.3, -0.25) is 4.90 Å². The largest absolute Gasteiger partial charge is 0.468 e. The van der Waals surface area contributed by atoms with E-state index in [1.165, 1.54) is 6.42 Å². The van der Waals surface area contributed by atoms with Crippen LogP contribution in [-0.4, -0.2) is 18.5 Å². The molecule has 0 fully saturated rings. The van der Waals surface area contributed by atoms with Crippen molar-refractivity contribution in [3.63, 3.8) is 0 Å². The molecule has 1 rings (SSSR count). The SMILES string of the molecule is CCC(C)CN(C)Cc1cc(CN)co1. The van der Waals surface area contributed by atoms with Gasteiger partial charge in [0.25, 0.3) is 0 Å². The third-order valence-corrected chi connectivity index (χ3v) is 2.69. The summed E-state index contributed by atoms with van der Waals surface area (Å²) in [5.74, 6) is 1.74. The fourth-order valence-corrected chi connectivity index (χ4v) is 1.61. The van der Waals surface area contributed by atoms with E-state index in [-0.39, 0.29) is 0 Å². The number of nitrogens with zero attached hydrogens (tertiary/aromatic N) is 1. The van der Waals surface area contributed by atoms with Crippen LogP contribution in [0.1, 0.15) is 31.6 Å².